The van der Waals surface area contributed by atoms with Gasteiger partial charge < -0.3 is 5.32 Å². The minimum absolute atomic E-state index is 0.220. The van der Waals surface area contributed by atoms with Crippen LogP contribution >= 0.6 is 22.6 Å². The molecule has 0 saturated carbocycles. The molecule has 23 heavy (non-hydrogen) atoms. The maximum Gasteiger partial charge on any atom is 0.276 e. The molecule has 1 aromatic heterocycles. The molecule has 0 aliphatic rings. The average Bonchev–Trinajstić information content (AvgIpc) is 2.54. The molecule has 0 radical (unpaired) electrons. The molecule has 0 atom stereocenters. The third-order valence-electron chi connectivity index (χ3n) is 3.60. The average molecular weight is 419 g/mol. The molecule has 5 nitrogen and oxygen atoms in total. The Morgan fingerprint density at radius 2 is 1.87 bits per heavy atom. The molecular formula is C17H14IN3O2. The smallest absolute Gasteiger partial charge is 0.276 e. The highest BCUT2D eigenvalue weighted by Crippen LogP contribution is 2.19. The standard InChI is InChI=1S/C17H14IN3O2/c1-10-7-8-11(9-14(10)18)19-16(22)15-12-5-3-4-6-13(12)17(23)21(2)20-15/h3-9H,1-2H3,(H,19,22). The van der Waals surface area contributed by atoms with E-state index >= 15 is 0 Å². The zero-order chi connectivity index (χ0) is 16.6. The molecule has 116 valence electrons. The molecule has 2 aromatic carbocycles. The lowest BCUT2D eigenvalue weighted by atomic mass is 10.1. The van der Waals surface area contributed by atoms with Gasteiger partial charge in [0.1, 0.15) is 0 Å². The summed E-state index contributed by atoms with van der Waals surface area (Å²) in [6, 6.07) is 12.7. The maximum absolute atomic E-state index is 12.6. The van der Waals surface area contributed by atoms with Crippen LogP contribution in [-0.4, -0.2) is 15.7 Å². The molecule has 3 aromatic rings. The predicted molar refractivity (Wildman–Crippen MR) is 98.8 cm³/mol. The van der Waals surface area contributed by atoms with Crippen molar-refractivity contribution in [2.24, 2.45) is 7.05 Å². The second kappa shape index (κ2) is 6.11. The summed E-state index contributed by atoms with van der Waals surface area (Å²) in [5.41, 5.74) is 1.86. The van der Waals surface area contributed by atoms with Crippen molar-refractivity contribution in [3.8, 4) is 0 Å². The third kappa shape index (κ3) is 2.98. The topological polar surface area (TPSA) is 64.0 Å². The van der Waals surface area contributed by atoms with Gasteiger partial charge in [-0.2, -0.15) is 5.10 Å². The Hall–Kier alpha value is -2.22. The molecule has 1 heterocycles. The fourth-order valence-electron chi connectivity index (χ4n) is 2.33. The first-order valence-electron chi connectivity index (χ1n) is 7.01. The van der Waals surface area contributed by atoms with Crippen LogP contribution < -0.4 is 10.9 Å². The first-order chi connectivity index (χ1) is 11.0. The summed E-state index contributed by atoms with van der Waals surface area (Å²) in [7, 11) is 1.54. The zero-order valence-corrected chi connectivity index (χ0v) is 14.8. The molecule has 3 rings (SSSR count). The predicted octanol–water partition coefficient (Wildman–Crippen LogP) is 3.10. The van der Waals surface area contributed by atoms with Gasteiger partial charge in [-0.1, -0.05) is 24.3 Å². The number of carbonyl (C=O) groups is 1. The molecule has 0 unspecified atom stereocenters. The van der Waals surface area contributed by atoms with Gasteiger partial charge in [-0.25, -0.2) is 4.68 Å². The number of nitrogens with one attached hydrogen (secondary N) is 1. The van der Waals surface area contributed by atoms with Gasteiger partial charge in [0, 0.05) is 21.7 Å². The number of anilines is 1. The van der Waals surface area contributed by atoms with E-state index in [0.717, 1.165) is 9.13 Å². The Morgan fingerprint density at radius 3 is 2.57 bits per heavy atom. The van der Waals surface area contributed by atoms with E-state index in [-0.39, 0.29) is 17.2 Å². The highest BCUT2D eigenvalue weighted by Gasteiger charge is 2.15. The van der Waals surface area contributed by atoms with Crippen molar-refractivity contribution in [3.63, 3.8) is 0 Å². The SMILES string of the molecule is Cc1ccc(NC(=O)c2nn(C)c(=O)c3ccccc23)cc1I. The van der Waals surface area contributed by atoms with Gasteiger partial charge in [-0.3, -0.25) is 9.59 Å². The highest BCUT2D eigenvalue weighted by atomic mass is 127. The number of rotatable bonds is 2. The highest BCUT2D eigenvalue weighted by molar-refractivity contribution is 14.1. The fraction of sp³-hybridized carbons (Fsp3) is 0.118. The van der Waals surface area contributed by atoms with E-state index < -0.39 is 0 Å². The largest absolute Gasteiger partial charge is 0.321 e. The minimum Gasteiger partial charge on any atom is -0.321 e. The molecule has 1 amide bonds. The Balaban J connectivity index is 2.06. The van der Waals surface area contributed by atoms with Gasteiger partial charge in [0.2, 0.25) is 0 Å². The van der Waals surface area contributed by atoms with Crippen molar-refractivity contribution in [2.45, 2.75) is 6.92 Å². The molecule has 0 bridgehead atoms. The number of carbonyl (C=O) groups excluding carboxylic acids is 1. The number of fused-ring (bicyclic) bond motifs is 1. The summed E-state index contributed by atoms with van der Waals surface area (Å²) < 4.78 is 2.26. The molecule has 0 aliphatic heterocycles. The second-order valence-electron chi connectivity index (χ2n) is 5.24. The molecule has 0 aliphatic carbocycles. The van der Waals surface area contributed by atoms with Crippen molar-refractivity contribution >= 4 is 45.0 Å². The summed E-state index contributed by atoms with van der Waals surface area (Å²) in [5.74, 6) is -0.337. The molecule has 1 N–H and O–H groups in total. The zero-order valence-electron chi connectivity index (χ0n) is 12.6. The van der Waals surface area contributed by atoms with Crippen LogP contribution in [-0.2, 0) is 7.05 Å². The van der Waals surface area contributed by atoms with Gasteiger partial charge in [0.25, 0.3) is 11.5 Å². The quantitative estimate of drug-likeness (QED) is 0.650. The lowest BCUT2D eigenvalue weighted by molar-refractivity contribution is 0.102. The lowest BCUT2D eigenvalue weighted by Gasteiger charge is -2.09. The Kier molecular flexibility index (Phi) is 4.16. The van der Waals surface area contributed by atoms with E-state index in [1.165, 1.54) is 4.68 Å². The first kappa shape index (κ1) is 15.7. The van der Waals surface area contributed by atoms with Gasteiger partial charge >= 0.3 is 0 Å². The summed E-state index contributed by atoms with van der Waals surface area (Å²) >= 11 is 2.22. The van der Waals surface area contributed by atoms with Crippen molar-refractivity contribution in [2.75, 3.05) is 5.32 Å². The molecule has 0 fully saturated rings. The molecule has 0 spiro atoms. The summed E-state index contributed by atoms with van der Waals surface area (Å²) in [5, 5.41) is 8.00. The molecule has 6 heteroatoms. The van der Waals surface area contributed by atoms with Crippen LogP contribution in [0.15, 0.2) is 47.3 Å². The van der Waals surface area contributed by atoms with Gasteiger partial charge in [-0.15, -0.1) is 0 Å². The molecule has 0 saturated heterocycles. The van der Waals surface area contributed by atoms with Crippen LogP contribution in [0.25, 0.3) is 10.8 Å². The maximum atomic E-state index is 12.6. The van der Waals surface area contributed by atoms with Crippen molar-refractivity contribution in [1.82, 2.24) is 9.78 Å². The van der Waals surface area contributed by atoms with Gasteiger partial charge in [0.05, 0.1) is 5.39 Å². The van der Waals surface area contributed by atoms with Crippen LogP contribution in [0.5, 0.6) is 0 Å². The number of nitrogens with zero attached hydrogens (tertiary/aromatic N) is 2. The van der Waals surface area contributed by atoms with Crippen LogP contribution in [0.2, 0.25) is 0 Å². The minimum atomic E-state index is -0.337. The summed E-state index contributed by atoms with van der Waals surface area (Å²) in [6.45, 7) is 2.01. The Morgan fingerprint density at radius 1 is 1.17 bits per heavy atom. The summed E-state index contributed by atoms with van der Waals surface area (Å²) in [6.07, 6.45) is 0. The number of hydrogen-bond acceptors (Lipinski definition) is 3. The van der Waals surface area contributed by atoms with Crippen LogP contribution in [0.3, 0.4) is 0 Å². The number of benzene rings is 2. The lowest BCUT2D eigenvalue weighted by Crippen LogP contribution is -2.25. The number of hydrogen-bond donors (Lipinski definition) is 1. The van der Waals surface area contributed by atoms with E-state index in [1.54, 1.807) is 31.3 Å². The van der Waals surface area contributed by atoms with Crippen LogP contribution in [0.1, 0.15) is 16.1 Å². The van der Waals surface area contributed by atoms with Crippen molar-refractivity contribution in [3.05, 3.63) is 67.6 Å². The number of aromatic nitrogens is 2. The van der Waals surface area contributed by atoms with E-state index in [4.69, 9.17) is 0 Å². The van der Waals surface area contributed by atoms with Gasteiger partial charge in [-0.05, 0) is 53.3 Å². The monoisotopic (exact) mass is 419 g/mol. The number of aryl methyl sites for hydroxylation is 2. The first-order valence-corrected chi connectivity index (χ1v) is 8.09. The summed E-state index contributed by atoms with van der Waals surface area (Å²) in [4.78, 5) is 24.7. The van der Waals surface area contributed by atoms with Crippen molar-refractivity contribution in [1.29, 1.82) is 0 Å². The third-order valence-corrected chi connectivity index (χ3v) is 4.76. The second-order valence-corrected chi connectivity index (χ2v) is 6.40. The number of amides is 1. The normalized spacial score (nSPS) is 10.7. The van der Waals surface area contributed by atoms with E-state index in [9.17, 15) is 9.59 Å². The van der Waals surface area contributed by atoms with Crippen LogP contribution in [0, 0.1) is 10.5 Å². The van der Waals surface area contributed by atoms with Gasteiger partial charge in [0.15, 0.2) is 5.69 Å². The fourth-order valence-corrected chi connectivity index (χ4v) is 2.84. The van der Waals surface area contributed by atoms with E-state index in [1.807, 2.05) is 25.1 Å². The van der Waals surface area contributed by atoms with E-state index in [2.05, 4.69) is 33.0 Å². The Bertz CT molecular complexity index is 979. The Labute approximate surface area is 146 Å². The van der Waals surface area contributed by atoms with Crippen LogP contribution in [0.4, 0.5) is 5.69 Å². The molecular weight excluding hydrogens is 405 g/mol. The van der Waals surface area contributed by atoms with Crippen molar-refractivity contribution < 1.29 is 4.79 Å². The van der Waals surface area contributed by atoms with E-state index in [0.29, 0.717) is 16.5 Å². The number of halogens is 1.